The average Bonchev–Trinajstić information content (AvgIpc) is 2.92. The Labute approximate surface area is 127 Å². The monoisotopic (exact) mass is 301 g/mol. The number of halogens is 1. The van der Waals surface area contributed by atoms with Crippen LogP contribution in [0.4, 0.5) is 4.39 Å². The molecule has 0 spiro atoms. The normalized spacial score (nSPS) is 20.8. The van der Waals surface area contributed by atoms with E-state index in [4.69, 9.17) is 0 Å². The maximum Gasteiger partial charge on any atom is 0.253 e. The van der Waals surface area contributed by atoms with E-state index in [2.05, 4.69) is 15.6 Å². The lowest BCUT2D eigenvalue weighted by atomic mass is 10.1. The van der Waals surface area contributed by atoms with E-state index in [1.165, 1.54) is 18.3 Å². The largest absolute Gasteiger partial charge is 0.390 e. The molecule has 1 unspecified atom stereocenters. The quantitative estimate of drug-likeness (QED) is 0.789. The van der Waals surface area contributed by atoms with Gasteiger partial charge in [-0.2, -0.15) is 0 Å². The number of pyridine rings is 1. The Bertz CT molecular complexity index is 675. The van der Waals surface area contributed by atoms with Crippen LogP contribution in [0.3, 0.4) is 0 Å². The molecule has 0 aliphatic carbocycles. The van der Waals surface area contributed by atoms with Crippen molar-refractivity contribution in [1.29, 1.82) is 0 Å². The molecule has 2 atom stereocenters. The van der Waals surface area contributed by atoms with Crippen LogP contribution in [0.1, 0.15) is 10.4 Å². The molecule has 1 saturated heterocycles. The average molecular weight is 301 g/mol. The van der Waals surface area contributed by atoms with Crippen LogP contribution >= 0.6 is 0 Å². The molecule has 0 radical (unpaired) electrons. The minimum atomic E-state index is -0.580. The summed E-state index contributed by atoms with van der Waals surface area (Å²) in [7, 11) is 0. The van der Waals surface area contributed by atoms with E-state index in [1.54, 1.807) is 24.3 Å². The number of amides is 1. The summed E-state index contributed by atoms with van der Waals surface area (Å²) >= 11 is 0. The number of aromatic nitrogens is 1. The van der Waals surface area contributed by atoms with Crippen molar-refractivity contribution in [3.05, 3.63) is 54.0 Å². The first-order valence-electron chi connectivity index (χ1n) is 7.05. The van der Waals surface area contributed by atoms with Crippen LogP contribution in [0.5, 0.6) is 0 Å². The molecule has 1 aliphatic heterocycles. The molecular formula is C16H16FN3O2. The van der Waals surface area contributed by atoms with Gasteiger partial charge in [-0.25, -0.2) is 4.39 Å². The van der Waals surface area contributed by atoms with E-state index >= 15 is 0 Å². The van der Waals surface area contributed by atoms with Crippen molar-refractivity contribution in [1.82, 2.24) is 15.6 Å². The van der Waals surface area contributed by atoms with Crippen molar-refractivity contribution in [2.24, 2.45) is 0 Å². The summed E-state index contributed by atoms with van der Waals surface area (Å²) in [6.07, 6.45) is 0.869. The highest BCUT2D eigenvalue weighted by Gasteiger charge is 2.26. The van der Waals surface area contributed by atoms with Crippen molar-refractivity contribution < 1.29 is 14.3 Å². The number of carbonyl (C=O) groups is 1. The van der Waals surface area contributed by atoms with Gasteiger partial charge in [0.25, 0.3) is 5.91 Å². The minimum absolute atomic E-state index is 0.286. The molecular weight excluding hydrogens is 285 g/mol. The summed E-state index contributed by atoms with van der Waals surface area (Å²) in [6, 6.07) is 9.14. The number of β-amino-alcohol motifs (C(OH)–C–C–N with tert-alkyl or cyclic N) is 1. The Hall–Kier alpha value is -2.31. The number of nitrogens with zero attached hydrogens (tertiary/aromatic N) is 1. The summed E-state index contributed by atoms with van der Waals surface area (Å²) < 4.78 is 13.2. The van der Waals surface area contributed by atoms with Gasteiger partial charge in [0.1, 0.15) is 5.82 Å². The Balaban J connectivity index is 1.72. The highest BCUT2D eigenvalue weighted by atomic mass is 19.1. The van der Waals surface area contributed by atoms with Gasteiger partial charge in [0.15, 0.2) is 0 Å². The molecule has 0 bridgehead atoms. The zero-order valence-corrected chi connectivity index (χ0v) is 11.8. The zero-order chi connectivity index (χ0) is 15.5. The number of aliphatic hydroxyl groups is 1. The number of rotatable bonds is 3. The Morgan fingerprint density at radius 2 is 2.18 bits per heavy atom. The zero-order valence-electron chi connectivity index (χ0n) is 11.8. The number of hydrogen-bond donors (Lipinski definition) is 3. The second kappa shape index (κ2) is 6.21. The van der Waals surface area contributed by atoms with Crippen LogP contribution in [-0.4, -0.2) is 41.2 Å². The van der Waals surface area contributed by atoms with Gasteiger partial charge in [-0.1, -0.05) is 12.1 Å². The standard InChI is InChI=1S/C16H16FN3O2/c17-12-3-1-2-10(6-12)13-5-4-11(7-19-13)16(22)20-14-8-18-9-15(14)21/h1-7,14-15,18,21H,8-9H2,(H,20,22)/t14?,15-/m0/s1. The lowest BCUT2D eigenvalue weighted by molar-refractivity contribution is 0.0888. The van der Waals surface area contributed by atoms with Crippen LogP contribution in [0.15, 0.2) is 42.6 Å². The first kappa shape index (κ1) is 14.6. The Kier molecular flexibility index (Phi) is 4.13. The van der Waals surface area contributed by atoms with E-state index in [0.29, 0.717) is 29.9 Å². The molecule has 1 aromatic carbocycles. The Morgan fingerprint density at radius 3 is 2.82 bits per heavy atom. The first-order chi connectivity index (χ1) is 10.6. The van der Waals surface area contributed by atoms with Gasteiger partial charge in [-0.05, 0) is 24.3 Å². The summed E-state index contributed by atoms with van der Waals surface area (Å²) in [5.41, 5.74) is 1.65. The van der Waals surface area contributed by atoms with Crippen LogP contribution in [-0.2, 0) is 0 Å². The fraction of sp³-hybridized carbons (Fsp3) is 0.250. The lowest BCUT2D eigenvalue weighted by Crippen LogP contribution is -2.42. The van der Waals surface area contributed by atoms with Crippen molar-refractivity contribution in [3.63, 3.8) is 0 Å². The van der Waals surface area contributed by atoms with E-state index in [1.807, 2.05) is 0 Å². The van der Waals surface area contributed by atoms with Crippen LogP contribution in [0, 0.1) is 5.82 Å². The molecule has 5 nitrogen and oxygen atoms in total. The summed E-state index contributed by atoms with van der Waals surface area (Å²) in [5, 5.41) is 15.4. The second-order valence-electron chi connectivity index (χ2n) is 5.25. The molecule has 3 N–H and O–H groups in total. The van der Waals surface area contributed by atoms with Crippen LogP contribution < -0.4 is 10.6 Å². The van der Waals surface area contributed by atoms with Crippen molar-refractivity contribution in [2.45, 2.75) is 12.1 Å². The third-order valence-corrected chi connectivity index (χ3v) is 3.64. The number of aliphatic hydroxyl groups excluding tert-OH is 1. The minimum Gasteiger partial charge on any atom is -0.390 e. The lowest BCUT2D eigenvalue weighted by Gasteiger charge is -2.15. The maximum absolute atomic E-state index is 13.2. The molecule has 1 fully saturated rings. The summed E-state index contributed by atoms with van der Waals surface area (Å²) in [5.74, 6) is -0.616. The van der Waals surface area contributed by atoms with Crippen LogP contribution in [0.2, 0.25) is 0 Å². The second-order valence-corrected chi connectivity index (χ2v) is 5.25. The van der Waals surface area contributed by atoms with Gasteiger partial charge in [-0.3, -0.25) is 9.78 Å². The molecule has 1 amide bonds. The third-order valence-electron chi connectivity index (χ3n) is 3.64. The van der Waals surface area contributed by atoms with E-state index in [0.717, 1.165) is 0 Å². The van der Waals surface area contributed by atoms with Gasteiger partial charge in [0.2, 0.25) is 0 Å². The van der Waals surface area contributed by atoms with Gasteiger partial charge >= 0.3 is 0 Å². The van der Waals surface area contributed by atoms with Gasteiger partial charge in [0, 0.05) is 24.8 Å². The van der Waals surface area contributed by atoms with E-state index in [9.17, 15) is 14.3 Å². The first-order valence-corrected chi connectivity index (χ1v) is 7.05. The number of hydrogen-bond acceptors (Lipinski definition) is 4. The number of benzene rings is 1. The molecule has 2 heterocycles. The smallest absolute Gasteiger partial charge is 0.253 e. The predicted molar refractivity (Wildman–Crippen MR) is 79.8 cm³/mol. The third kappa shape index (κ3) is 3.13. The Morgan fingerprint density at radius 1 is 1.32 bits per heavy atom. The number of nitrogens with one attached hydrogen (secondary N) is 2. The van der Waals surface area contributed by atoms with Gasteiger partial charge < -0.3 is 15.7 Å². The van der Waals surface area contributed by atoms with E-state index < -0.39 is 6.10 Å². The number of carbonyl (C=O) groups excluding carboxylic acids is 1. The molecule has 0 saturated carbocycles. The molecule has 2 aromatic rings. The van der Waals surface area contributed by atoms with E-state index in [-0.39, 0.29) is 17.8 Å². The summed E-state index contributed by atoms with van der Waals surface area (Å²) in [4.78, 5) is 16.3. The molecule has 1 aliphatic rings. The molecule has 114 valence electrons. The molecule has 6 heteroatoms. The molecule has 3 rings (SSSR count). The fourth-order valence-electron chi connectivity index (χ4n) is 2.41. The maximum atomic E-state index is 13.2. The SMILES string of the molecule is O=C(NC1CNC[C@@H]1O)c1ccc(-c2cccc(F)c2)nc1. The van der Waals surface area contributed by atoms with Crippen molar-refractivity contribution in [3.8, 4) is 11.3 Å². The molecule has 1 aromatic heterocycles. The van der Waals surface area contributed by atoms with Gasteiger partial charge in [0.05, 0.1) is 23.4 Å². The van der Waals surface area contributed by atoms with Crippen molar-refractivity contribution >= 4 is 5.91 Å². The highest BCUT2D eigenvalue weighted by Crippen LogP contribution is 2.18. The van der Waals surface area contributed by atoms with Crippen LogP contribution in [0.25, 0.3) is 11.3 Å². The topological polar surface area (TPSA) is 74.2 Å². The molecule has 22 heavy (non-hydrogen) atoms. The summed E-state index contributed by atoms with van der Waals surface area (Å²) in [6.45, 7) is 1.02. The highest BCUT2D eigenvalue weighted by molar-refractivity contribution is 5.94. The fourth-order valence-corrected chi connectivity index (χ4v) is 2.41. The van der Waals surface area contributed by atoms with Gasteiger partial charge in [-0.15, -0.1) is 0 Å². The predicted octanol–water partition coefficient (Wildman–Crippen LogP) is 0.950. The van der Waals surface area contributed by atoms with Crippen molar-refractivity contribution in [2.75, 3.05) is 13.1 Å².